The van der Waals surface area contributed by atoms with Crippen molar-refractivity contribution in [2.45, 2.75) is 53.9 Å². The van der Waals surface area contributed by atoms with Crippen molar-refractivity contribution in [3.63, 3.8) is 0 Å². The van der Waals surface area contributed by atoms with E-state index in [1.807, 2.05) is 13.8 Å². The van der Waals surface area contributed by atoms with Gasteiger partial charge in [0, 0.05) is 0 Å². The Bertz CT molecular complexity index is 1950. The van der Waals surface area contributed by atoms with Gasteiger partial charge < -0.3 is 0 Å². The summed E-state index contributed by atoms with van der Waals surface area (Å²) >= 11 is 0. The Labute approximate surface area is 245 Å². The van der Waals surface area contributed by atoms with Crippen LogP contribution in [0, 0.1) is 5.41 Å². The minimum absolute atomic E-state index is 0.148. The van der Waals surface area contributed by atoms with E-state index in [9.17, 15) is 0 Å². The summed E-state index contributed by atoms with van der Waals surface area (Å²) in [5, 5.41) is 7.91. The van der Waals surface area contributed by atoms with E-state index < -0.39 is 0 Å². The number of allylic oxidation sites excluding steroid dienone is 3. The largest absolute Gasteiger partial charge is 0.0722 e. The molecule has 0 aromatic heterocycles. The summed E-state index contributed by atoms with van der Waals surface area (Å²) in [7, 11) is 0. The highest BCUT2D eigenvalue weighted by atomic mass is 14.3. The van der Waals surface area contributed by atoms with Crippen LogP contribution in [0.4, 0.5) is 0 Å². The Morgan fingerprint density at radius 2 is 1.27 bits per heavy atom. The third-order valence-electron chi connectivity index (χ3n) is 8.65. The highest BCUT2D eigenvalue weighted by molar-refractivity contribution is 6.09. The molecule has 0 fully saturated rings. The molecule has 0 heterocycles. The van der Waals surface area contributed by atoms with E-state index in [0.29, 0.717) is 0 Å². The average Bonchev–Trinajstić information content (AvgIpc) is 3.22. The van der Waals surface area contributed by atoms with Gasteiger partial charge >= 0.3 is 0 Å². The molecule has 5 aromatic carbocycles. The fourth-order valence-corrected chi connectivity index (χ4v) is 6.56. The van der Waals surface area contributed by atoms with E-state index in [1.165, 1.54) is 65.4 Å². The number of hydrogen-bond donors (Lipinski definition) is 0. The van der Waals surface area contributed by atoms with Crippen molar-refractivity contribution in [3.8, 4) is 11.1 Å². The van der Waals surface area contributed by atoms with Crippen molar-refractivity contribution >= 4 is 45.3 Å². The van der Waals surface area contributed by atoms with Crippen LogP contribution in [0.3, 0.4) is 0 Å². The second-order valence-corrected chi connectivity index (χ2v) is 12.1. The van der Waals surface area contributed by atoms with E-state index in [2.05, 4.69) is 136 Å². The SMILES string of the molecule is CC.CC(C)(C)C1=Cc2c(c(C3=CC=c4ccccc4=CC3)c3ccccc3c2-c2ccc3ccccc3c2)CC1. The molecule has 0 unspecified atom stereocenters. The molecule has 41 heavy (non-hydrogen) atoms. The van der Waals surface area contributed by atoms with E-state index in [0.717, 1.165) is 19.3 Å². The summed E-state index contributed by atoms with van der Waals surface area (Å²) < 4.78 is 0. The van der Waals surface area contributed by atoms with Gasteiger partial charge in [0.15, 0.2) is 0 Å². The van der Waals surface area contributed by atoms with E-state index in [-0.39, 0.29) is 5.41 Å². The third-order valence-corrected chi connectivity index (χ3v) is 8.65. The average molecular weight is 533 g/mol. The lowest BCUT2D eigenvalue weighted by Gasteiger charge is -2.31. The highest BCUT2D eigenvalue weighted by Gasteiger charge is 2.27. The first kappa shape index (κ1) is 27.0. The molecule has 0 spiro atoms. The predicted molar refractivity (Wildman–Crippen MR) is 181 cm³/mol. The first-order valence-electron chi connectivity index (χ1n) is 15.2. The molecule has 0 amide bonds. The zero-order valence-electron chi connectivity index (χ0n) is 25.1. The van der Waals surface area contributed by atoms with Crippen molar-refractivity contribution in [3.05, 3.63) is 130 Å². The summed E-state index contributed by atoms with van der Waals surface area (Å²) in [4.78, 5) is 0. The number of hydrogen-bond acceptors (Lipinski definition) is 0. The maximum absolute atomic E-state index is 2.54. The van der Waals surface area contributed by atoms with Gasteiger partial charge in [0.25, 0.3) is 0 Å². The van der Waals surface area contributed by atoms with E-state index in [4.69, 9.17) is 0 Å². The molecule has 0 bridgehead atoms. The molecular weight excluding hydrogens is 492 g/mol. The van der Waals surface area contributed by atoms with Crippen LogP contribution >= 0.6 is 0 Å². The van der Waals surface area contributed by atoms with Gasteiger partial charge in [-0.3, -0.25) is 0 Å². The molecule has 0 radical (unpaired) electrons. The van der Waals surface area contributed by atoms with Gasteiger partial charge in [0.1, 0.15) is 0 Å². The van der Waals surface area contributed by atoms with Crippen LogP contribution in [0.25, 0.3) is 56.5 Å². The molecule has 5 aromatic rings. The fraction of sp³-hybridized carbons (Fsp3) is 0.220. The van der Waals surface area contributed by atoms with E-state index in [1.54, 1.807) is 5.57 Å². The first-order valence-corrected chi connectivity index (χ1v) is 15.2. The van der Waals surface area contributed by atoms with Gasteiger partial charge in [-0.25, -0.2) is 0 Å². The Hall–Kier alpha value is -4.16. The van der Waals surface area contributed by atoms with E-state index >= 15 is 0 Å². The highest BCUT2D eigenvalue weighted by Crippen LogP contribution is 2.47. The minimum Gasteiger partial charge on any atom is -0.0722 e. The lowest BCUT2D eigenvalue weighted by molar-refractivity contribution is 0.484. The summed E-state index contributed by atoms with van der Waals surface area (Å²) in [6.45, 7) is 11.1. The second kappa shape index (κ2) is 11.0. The van der Waals surface area contributed by atoms with Crippen LogP contribution in [-0.4, -0.2) is 0 Å². The molecule has 0 aliphatic heterocycles. The van der Waals surface area contributed by atoms with Crippen LogP contribution in [0.5, 0.6) is 0 Å². The quantitative estimate of drug-likeness (QED) is 0.212. The Morgan fingerprint density at radius 1 is 0.610 bits per heavy atom. The molecule has 0 atom stereocenters. The predicted octanol–water partition coefficient (Wildman–Crippen LogP) is 10.1. The second-order valence-electron chi connectivity index (χ2n) is 12.1. The molecule has 2 aliphatic carbocycles. The minimum atomic E-state index is 0.148. The van der Waals surface area contributed by atoms with Crippen LogP contribution in [0.1, 0.15) is 64.2 Å². The number of benzene rings is 5. The van der Waals surface area contributed by atoms with Crippen molar-refractivity contribution in [1.82, 2.24) is 0 Å². The molecule has 7 rings (SSSR count). The monoisotopic (exact) mass is 532 g/mol. The molecule has 204 valence electrons. The number of fused-ring (bicyclic) bond motifs is 4. The van der Waals surface area contributed by atoms with Gasteiger partial charge in [0.05, 0.1) is 0 Å². The van der Waals surface area contributed by atoms with Crippen molar-refractivity contribution in [1.29, 1.82) is 0 Å². The zero-order valence-corrected chi connectivity index (χ0v) is 25.1. The van der Waals surface area contributed by atoms with Gasteiger partial charge in [-0.2, -0.15) is 0 Å². The maximum atomic E-state index is 2.54. The Kier molecular flexibility index (Phi) is 7.26. The molecule has 0 nitrogen and oxygen atoms in total. The van der Waals surface area contributed by atoms with Crippen LogP contribution in [-0.2, 0) is 6.42 Å². The number of rotatable bonds is 2. The molecule has 0 saturated heterocycles. The zero-order chi connectivity index (χ0) is 28.6. The summed E-state index contributed by atoms with van der Waals surface area (Å²) in [6.07, 6.45) is 12.8. The molecule has 0 saturated carbocycles. The lowest BCUT2D eigenvalue weighted by atomic mass is 9.73. The Morgan fingerprint density at radius 3 is 2.02 bits per heavy atom. The van der Waals surface area contributed by atoms with Crippen LogP contribution in [0.2, 0.25) is 0 Å². The van der Waals surface area contributed by atoms with Crippen molar-refractivity contribution in [2.75, 3.05) is 0 Å². The molecule has 2 aliphatic rings. The molecule has 0 N–H and O–H groups in total. The molecule has 0 heteroatoms. The maximum Gasteiger partial charge on any atom is -0.00294 e. The van der Waals surface area contributed by atoms with Gasteiger partial charge in [-0.05, 0) is 96.1 Å². The normalized spacial score (nSPS) is 14.4. The standard InChI is InChI=1S/C39H34.C2H6/c1-39(2,3)32-22-23-35-36(25-32)38(31-21-18-28-12-6-7-13-30(28)24-31)34-15-9-8-14-33(34)37(35)29-19-16-26-10-4-5-11-27(26)17-20-29;1-2/h4-19,21,24-25H,20,22-23H2,1-3H3;1-2H3. The van der Waals surface area contributed by atoms with Gasteiger partial charge in [-0.1, -0.05) is 149 Å². The summed E-state index contributed by atoms with van der Waals surface area (Å²) in [5.41, 5.74) is 10.1. The topological polar surface area (TPSA) is 0 Å². The van der Waals surface area contributed by atoms with Gasteiger partial charge in [-0.15, -0.1) is 0 Å². The van der Waals surface area contributed by atoms with Crippen molar-refractivity contribution in [2.24, 2.45) is 5.41 Å². The Balaban J connectivity index is 0.00000148. The lowest BCUT2D eigenvalue weighted by Crippen LogP contribution is -2.22. The summed E-state index contributed by atoms with van der Waals surface area (Å²) in [5.74, 6) is 0. The first-order chi connectivity index (χ1) is 20.0. The van der Waals surface area contributed by atoms with Crippen LogP contribution < -0.4 is 10.4 Å². The third kappa shape index (κ3) is 4.97. The summed E-state index contributed by atoms with van der Waals surface area (Å²) in [6, 6.07) is 33.5. The molecular formula is C41H40. The van der Waals surface area contributed by atoms with Gasteiger partial charge in [0.2, 0.25) is 0 Å². The fourth-order valence-electron chi connectivity index (χ4n) is 6.56. The smallest absolute Gasteiger partial charge is 0.00294 e. The van der Waals surface area contributed by atoms with Crippen LogP contribution in [0.15, 0.2) is 103 Å². The van der Waals surface area contributed by atoms with Crippen molar-refractivity contribution < 1.29 is 0 Å².